The molecule has 3 aliphatic heterocycles. The molecule has 1 fully saturated rings. The van der Waals surface area contributed by atoms with E-state index in [9.17, 15) is 9.59 Å². The standard InChI is InChI=1S/C29H32N6O3/c1-38-23-13-11-22(12-14-23)35-27-24(26(32-35)28-30-16-3-4-17-31-28)15-19-34(29(27)37)21-9-7-20(8-10-21)33-18-5-2-6-25(33)36/h7-14H,2-6,15-19H2,1H3,(H,30,31). The Morgan fingerprint density at radius 3 is 2.29 bits per heavy atom. The minimum absolute atomic E-state index is 0.100. The monoisotopic (exact) mass is 512 g/mol. The van der Waals surface area contributed by atoms with E-state index in [1.54, 1.807) is 16.7 Å². The van der Waals surface area contributed by atoms with Crippen molar-refractivity contribution >= 4 is 29.0 Å². The Morgan fingerprint density at radius 2 is 1.55 bits per heavy atom. The zero-order chi connectivity index (χ0) is 26.1. The predicted molar refractivity (Wildman–Crippen MR) is 147 cm³/mol. The van der Waals surface area contributed by atoms with Crippen molar-refractivity contribution in [3.05, 3.63) is 65.5 Å². The van der Waals surface area contributed by atoms with Crippen molar-refractivity contribution in [1.29, 1.82) is 0 Å². The van der Waals surface area contributed by atoms with Gasteiger partial charge < -0.3 is 19.9 Å². The number of aromatic nitrogens is 2. The van der Waals surface area contributed by atoms with Crippen LogP contribution in [0.5, 0.6) is 5.75 Å². The van der Waals surface area contributed by atoms with Crippen LogP contribution in [0.2, 0.25) is 0 Å². The number of hydrogen-bond acceptors (Lipinski definition) is 6. The number of methoxy groups -OCH3 is 1. The zero-order valence-electron chi connectivity index (χ0n) is 21.7. The highest BCUT2D eigenvalue weighted by molar-refractivity contribution is 6.10. The molecule has 4 heterocycles. The number of nitrogens with one attached hydrogen (secondary N) is 1. The van der Waals surface area contributed by atoms with Gasteiger partial charge in [0, 0.05) is 49.5 Å². The minimum Gasteiger partial charge on any atom is -0.497 e. The van der Waals surface area contributed by atoms with Crippen LogP contribution in [0.25, 0.3) is 5.69 Å². The second-order valence-corrected chi connectivity index (χ2v) is 9.88. The second-order valence-electron chi connectivity index (χ2n) is 9.88. The van der Waals surface area contributed by atoms with Gasteiger partial charge in [0.15, 0.2) is 0 Å². The summed E-state index contributed by atoms with van der Waals surface area (Å²) in [4.78, 5) is 34.8. The molecule has 0 atom stereocenters. The third kappa shape index (κ3) is 4.42. The average Bonchev–Trinajstić information content (AvgIpc) is 3.14. The second kappa shape index (κ2) is 10.3. The Hall–Kier alpha value is -4.14. The van der Waals surface area contributed by atoms with Crippen molar-refractivity contribution in [2.75, 3.05) is 43.1 Å². The molecule has 9 nitrogen and oxygen atoms in total. The highest BCUT2D eigenvalue weighted by atomic mass is 16.5. The van der Waals surface area contributed by atoms with Crippen molar-refractivity contribution in [3.8, 4) is 11.4 Å². The average molecular weight is 513 g/mol. The Kier molecular flexibility index (Phi) is 6.57. The summed E-state index contributed by atoms with van der Waals surface area (Å²) in [6, 6.07) is 15.3. The molecule has 1 aromatic heterocycles. The fraction of sp³-hybridized carbons (Fsp3) is 0.379. The molecule has 3 aliphatic rings. The molecule has 3 aromatic rings. The first-order valence-corrected chi connectivity index (χ1v) is 13.4. The summed E-state index contributed by atoms with van der Waals surface area (Å²) in [7, 11) is 1.63. The first-order chi connectivity index (χ1) is 18.6. The molecule has 0 radical (unpaired) electrons. The van der Waals surface area contributed by atoms with E-state index in [1.807, 2.05) is 53.4 Å². The van der Waals surface area contributed by atoms with E-state index in [1.165, 1.54) is 0 Å². The topological polar surface area (TPSA) is 92.1 Å². The van der Waals surface area contributed by atoms with E-state index in [0.717, 1.165) is 85.2 Å². The van der Waals surface area contributed by atoms with Crippen molar-refractivity contribution in [2.24, 2.45) is 4.99 Å². The molecule has 0 spiro atoms. The molecule has 1 N–H and O–H groups in total. The van der Waals surface area contributed by atoms with Crippen LogP contribution in [0.15, 0.2) is 53.5 Å². The third-order valence-corrected chi connectivity index (χ3v) is 7.50. The van der Waals surface area contributed by atoms with Gasteiger partial charge >= 0.3 is 0 Å². The molecule has 2 aromatic carbocycles. The largest absolute Gasteiger partial charge is 0.497 e. The van der Waals surface area contributed by atoms with Gasteiger partial charge in [0.25, 0.3) is 5.91 Å². The number of amidine groups is 1. The lowest BCUT2D eigenvalue weighted by atomic mass is 10.0. The number of ether oxygens (including phenoxy) is 1. The molecule has 0 saturated carbocycles. The van der Waals surface area contributed by atoms with E-state index in [2.05, 4.69) is 5.32 Å². The number of anilines is 2. The Labute approximate surface area is 222 Å². The van der Waals surface area contributed by atoms with Crippen LogP contribution in [0, 0.1) is 0 Å². The molecule has 1 saturated heterocycles. The number of nitrogens with zero attached hydrogens (tertiary/aromatic N) is 5. The smallest absolute Gasteiger partial charge is 0.277 e. The summed E-state index contributed by atoms with van der Waals surface area (Å²) in [5.74, 6) is 1.57. The third-order valence-electron chi connectivity index (χ3n) is 7.50. The molecule has 2 amide bonds. The van der Waals surface area contributed by atoms with Gasteiger partial charge in [-0.3, -0.25) is 14.6 Å². The number of hydrogen-bond donors (Lipinski definition) is 1. The summed E-state index contributed by atoms with van der Waals surface area (Å²) in [5, 5.41) is 8.36. The SMILES string of the molecule is COc1ccc(-n2nc(C3=NCCCCN3)c3c2C(=O)N(c2ccc(N4CCCCC4=O)cc2)CC3)cc1. The number of carbonyl (C=O) groups is 2. The Balaban J connectivity index is 1.37. The molecule has 196 valence electrons. The number of carbonyl (C=O) groups excluding carboxylic acids is 2. The van der Waals surface area contributed by atoms with Crippen molar-refractivity contribution in [1.82, 2.24) is 15.1 Å². The maximum Gasteiger partial charge on any atom is 0.277 e. The maximum atomic E-state index is 14.1. The van der Waals surface area contributed by atoms with Crippen LogP contribution in [0.1, 0.15) is 53.8 Å². The van der Waals surface area contributed by atoms with E-state index >= 15 is 0 Å². The van der Waals surface area contributed by atoms with Gasteiger partial charge in [-0.05, 0) is 80.6 Å². The number of fused-ring (bicyclic) bond motifs is 1. The van der Waals surface area contributed by atoms with Gasteiger partial charge in [-0.25, -0.2) is 4.68 Å². The number of amides is 2. The van der Waals surface area contributed by atoms with Crippen LogP contribution >= 0.6 is 0 Å². The fourth-order valence-corrected chi connectivity index (χ4v) is 5.45. The molecule has 38 heavy (non-hydrogen) atoms. The lowest BCUT2D eigenvalue weighted by Gasteiger charge is -2.30. The molecule has 6 rings (SSSR count). The quantitative estimate of drug-likeness (QED) is 0.563. The summed E-state index contributed by atoms with van der Waals surface area (Å²) < 4.78 is 7.07. The zero-order valence-corrected chi connectivity index (χ0v) is 21.7. The van der Waals surface area contributed by atoms with Crippen LogP contribution in [0.3, 0.4) is 0 Å². The van der Waals surface area contributed by atoms with E-state index < -0.39 is 0 Å². The van der Waals surface area contributed by atoms with Crippen LogP contribution < -0.4 is 19.9 Å². The number of piperidine rings is 1. The van der Waals surface area contributed by atoms with Crippen LogP contribution in [-0.2, 0) is 11.2 Å². The van der Waals surface area contributed by atoms with Crippen LogP contribution in [-0.4, -0.2) is 60.7 Å². The molecule has 9 heteroatoms. The molecular formula is C29H32N6O3. The van der Waals surface area contributed by atoms with Gasteiger partial charge in [-0.1, -0.05) is 0 Å². The molecule has 0 bridgehead atoms. The summed E-state index contributed by atoms with van der Waals surface area (Å²) in [5.41, 5.74) is 4.71. The first-order valence-electron chi connectivity index (χ1n) is 13.4. The highest BCUT2D eigenvalue weighted by Crippen LogP contribution is 2.31. The van der Waals surface area contributed by atoms with Crippen molar-refractivity contribution in [3.63, 3.8) is 0 Å². The van der Waals surface area contributed by atoms with Gasteiger partial charge in [0.05, 0.1) is 12.8 Å². The van der Waals surface area contributed by atoms with Crippen LogP contribution in [0.4, 0.5) is 11.4 Å². The highest BCUT2D eigenvalue weighted by Gasteiger charge is 2.35. The number of benzene rings is 2. The Bertz CT molecular complexity index is 1380. The normalized spacial score (nSPS) is 18.0. The molecular weight excluding hydrogens is 480 g/mol. The summed E-state index contributed by atoms with van der Waals surface area (Å²) in [6.45, 7) is 2.88. The van der Waals surface area contributed by atoms with Crippen molar-refractivity contribution in [2.45, 2.75) is 38.5 Å². The molecule has 0 unspecified atom stereocenters. The molecule has 0 aliphatic carbocycles. The number of aliphatic imine (C=N–C) groups is 1. The van der Waals surface area contributed by atoms with E-state index in [4.69, 9.17) is 14.8 Å². The lowest BCUT2D eigenvalue weighted by Crippen LogP contribution is -2.39. The first kappa shape index (κ1) is 24.2. The van der Waals surface area contributed by atoms with Gasteiger partial charge in [-0.2, -0.15) is 5.10 Å². The minimum atomic E-state index is -0.100. The lowest BCUT2D eigenvalue weighted by molar-refractivity contribution is -0.119. The maximum absolute atomic E-state index is 14.1. The number of rotatable bonds is 5. The summed E-state index contributed by atoms with van der Waals surface area (Å²) in [6.07, 6.45) is 5.30. The fourth-order valence-electron chi connectivity index (χ4n) is 5.45. The predicted octanol–water partition coefficient (Wildman–Crippen LogP) is 3.73. The van der Waals surface area contributed by atoms with Gasteiger partial charge in [0.2, 0.25) is 5.91 Å². The van der Waals surface area contributed by atoms with E-state index in [0.29, 0.717) is 25.1 Å². The van der Waals surface area contributed by atoms with Gasteiger partial charge in [0.1, 0.15) is 23.0 Å². The van der Waals surface area contributed by atoms with E-state index in [-0.39, 0.29) is 11.8 Å². The van der Waals surface area contributed by atoms with Gasteiger partial charge in [-0.15, -0.1) is 0 Å². The van der Waals surface area contributed by atoms with Crippen molar-refractivity contribution < 1.29 is 14.3 Å². The summed E-state index contributed by atoms with van der Waals surface area (Å²) >= 11 is 0. The Morgan fingerprint density at radius 1 is 0.816 bits per heavy atom.